The summed E-state index contributed by atoms with van der Waals surface area (Å²) in [5.74, 6) is 0.997. The number of hydrogen-bond donors (Lipinski definition) is 0. The van der Waals surface area contributed by atoms with Crippen LogP contribution in [0.4, 0.5) is 0 Å². The molecule has 28 heavy (non-hydrogen) atoms. The minimum Gasteiger partial charge on any atom is -0.463 e. The average molecular weight is 426 g/mol. The van der Waals surface area contributed by atoms with Crippen molar-refractivity contribution < 1.29 is 9.21 Å². The van der Waals surface area contributed by atoms with E-state index in [9.17, 15) is 4.79 Å². The second-order valence-corrected chi connectivity index (χ2v) is 9.47. The summed E-state index contributed by atoms with van der Waals surface area (Å²) in [4.78, 5) is 18.7. The quantitative estimate of drug-likeness (QED) is 0.401. The van der Waals surface area contributed by atoms with Crippen LogP contribution in [0.15, 0.2) is 74.0 Å². The molecule has 0 saturated carbocycles. The number of carbonyl (C=O) groups excluding carboxylic acids is 1. The number of fused-ring (bicyclic) bond motifs is 1. The molecule has 0 radical (unpaired) electrons. The number of hydrogen-bond acceptors (Lipinski definition) is 7. The summed E-state index contributed by atoms with van der Waals surface area (Å²) in [5, 5.41) is 8.25. The number of para-hydroxylation sites is 1. The SMILES string of the molecule is O=C(CSc1nc2ccccc2s1)N1N=C(c2ccco2)C[C@H]1c1cccs1. The fourth-order valence-electron chi connectivity index (χ4n) is 3.14. The van der Waals surface area contributed by atoms with Gasteiger partial charge in [0.15, 0.2) is 4.34 Å². The van der Waals surface area contributed by atoms with E-state index in [1.807, 2.05) is 47.8 Å². The van der Waals surface area contributed by atoms with Crippen LogP contribution in [0.25, 0.3) is 10.2 Å². The molecule has 0 aliphatic carbocycles. The maximum absolute atomic E-state index is 13.0. The molecule has 5 nitrogen and oxygen atoms in total. The Balaban J connectivity index is 1.36. The molecule has 0 fully saturated rings. The Morgan fingerprint density at radius 2 is 2.14 bits per heavy atom. The summed E-state index contributed by atoms with van der Waals surface area (Å²) in [5.41, 5.74) is 1.78. The minimum atomic E-state index is -0.0800. The van der Waals surface area contributed by atoms with Crippen molar-refractivity contribution in [2.45, 2.75) is 16.8 Å². The summed E-state index contributed by atoms with van der Waals surface area (Å²) in [6.45, 7) is 0. The summed E-state index contributed by atoms with van der Waals surface area (Å²) in [6.07, 6.45) is 2.29. The maximum Gasteiger partial charge on any atom is 0.253 e. The van der Waals surface area contributed by atoms with Crippen LogP contribution >= 0.6 is 34.4 Å². The van der Waals surface area contributed by atoms with Gasteiger partial charge in [-0.2, -0.15) is 5.10 Å². The largest absolute Gasteiger partial charge is 0.463 e. The summed E-state index contributed by atoms with van der Waals surface area (Å²) >= 11 is 4.72. The molecule has 0 spiro atoms. The van der Waals surface area contributed by atoms with Gasteiger partial charge in [-0.3, -0.25) is 4.79 Å². The van der Waals surface area contributed by atoms with Crippen molar-refractivity contribution in [3.8, 4) is 0 Å². The topological polar surface area (TPSA) is 58.7 Å². The van der Waals surface area contributed by atoms with E-state index in [0.717, 1.165) is 30.9 Å². The molecule has 0 N–H and O–H groups in total. The third-order valence-electron chi connectivity index (χ3n) is 4.44. The lowest BCUT2D eigenvalue weighted by Crippen LogP contribution is -2.28. The van der Waals surface area contributed by atoms with Crippen molar-refractivity contribution >= 4 is 56.3 Å². The fourth-order valence-corrected chi connectivity index (χ4v) is 5.87. The zero-order valence-corrected chi connectivity index (χ0v) is 17.1. The molecule has 1 aromatic carbocycles. The number of nitrogens with zero attached hydrogens (tertiary/aromatic N) is 3. The van der Waals surface area contributed by atoms with Crippen LogP contribution in [0, 0.1) is 0 Å². The lowest BCUT2D eigenvalue weighted by molar-refractivity contribution is -0.130. The number of aromatic nitrogens is 1. The van der Waals surface area contributed by atoms with Crippen LogP contribution in [0.3, 0.4) is 0 Å². The van der Waals surface area contributed by atoms with Gasteiger partial charge in [-0.25, -0.2) is 9.99 Å². The molecular weight excluding hydrogens is 410 g/mol. The van der Waals surface area contributed by atoms with E-state index in [4.69, 9.17) is 4.42 Å². The van der Waals surface area contributed by atoms with Crippen molar-refractivity contribution in [1.29, 1.82) is 0 Å². The number of thiophene rings is 1. The molecule has 0 bridgehead atoms. The number of benzene rings is 1. The van der Waals surface area contributed by atoms with E-state index in [1.165, 1.54) is 11.8 Å². The third-order valence-corrected chi connectivity index (χ3v) is 7.57. The molecule has 8 heteroatoms. The zero-order valence-electron chi connectivity index (χ0n) is 14.6. The Morgan fingerprint density at radius 1 is 1.21 bits per heavy atom. The summed E-state index contributed by atoms with van der Waals surface area (Å²) in [6, 6.07) is 15.7. The molecular formula is C20H15N3O2S3. The Morgan fingerprint density at radius 3 is 2.93 bits per heavy atom. The Labute approximate surface area is 173 Å². The Bertz CT molecular complexity index is 1100. The number of carbonyl (C=O) groups is 1. The van der Waals surface area contributed by atoms with Crippen LogP contribution in [0.1, 0.15) is 23.1 Å². The van der Waals surface area contributed by atoms with Crippen LogP contribution in [0.5, 0.6) is 0 Å². The Kier molecular flexibility index (Phi) is 4.76. The van der Waals surface area contributed by atoms with Gasteiger partial charge in [0.05, 0.1) is 28.3 Å². The molecule has 1 aliphatic heterocycles. The smallest absolute Gasteiger partial charge is 0.253 e. The van der Waals surface area contributed by atoms with Gasteiger partial charge in [0.25, 0.3) is 5.91 Å². The van der Waals surface area contributed by atoms with Crippen molar-refractivity contribution in [3.63, 3.8) is 0 Å². The van der Waals surface area contributed by atoms with Crippen molar-refractivity contribution in [1.82, 2.24) is 9.99 Å². The number of hydrazone groups is 1. The predicted molar refractivity (Wildman–Crippen MR) is 114 cm³/mol. The second-order valence-electron chi connectivity index (χ2n) is 6.23. The van der Waals surface area contributed by atoms with Gasteiger partial charge in [-0.1, -0.05) is 30.0 Å². The third kappa shape index (κ3) is 3.39. The van der Waals surface area contributed by atoms with Gasteiger partial charge >= 0.3 is 0 Å². The first-order valence-electron chi connectivity index (χ1n) is 8.73. The van der Waals surface area contributed by atoms with Gasteiger partial charge in [0, 0.05) is 11.3 Å². The van der Waals surface area contributed by atoms with Crippen LogP contribution in [-0.4, -0.2) is 27.4 Å². The highest BCUT2D eigenvalue weighted by atomic mass is 32.2. The van der Waals surface area contributed by atoms with Crippen molar-refractivity contribution in [2.75, 3.05) is 5.75 Å². The molecule has 0 saturated heterocycles. The lowest BCUT2D eigenvalue weighted by atomic mass is 10.1. The van der Waals surface area contributed by atoms with Crippen molar-refractivity contribution in [2.24, 2.45) is 5.10 Å². The highest BCUT2D eigenvalue weighted by molar-refractivity contribution is 8.01. The standard InChI is InChI=1S/C20H15N3O2S3/c24-19(12-27-20-21-13-5-1-2-7-17(13)28-20)23-15(18-8-4-10-26-18)11-14(22-23)16-6-3-9-25-16/h1-10,15H,11-12H2/t15-/m0/s1. The number of thioether (sulfide) groups is 1. The van der Waals surface area contributed by atoms with E-state index >= 15 is 0 Å². The average Bonchev–Trinajstić information content (AvgIpc) is 3.50. The van der Waals surface area contributed by atoms with Crippen LogP contribution in [0.2, 0.25) is 0 Å². The number of amides is 1. The first kappa shape index (κ1) is 17.7. The first-order valence-corrected chi connectivity index (χ1v) is 11.4. The summed E-state index contributed by atoms with van der Waals surface area (Å²) in [7, 11) is 0. The molecule has 1 aliphatic rings. The maximum atomic E-state index is 13.0. The Hall–Kier alpha value is -2.42. The first-order chi connectivity index (χ1) is 13.8. The molecule has 5 rings (SSSR count). The second kappa shape index (κ2) is 7.54. The normalized spacial score (nSPS) is 16.6. The van der Waals surface area contributed by atoms with E-state index in [-0.39, 0.29) is 11.9 Å². The molecule has 0 unspecified atom stereocenters. The monoisotopic (exact) mass is 425 g/mol. The van der Waals surface area contributed by atoms with E-state index in [0.29, 0.717) is 12.2 Å². The zero-order chi connectivity index (χ0) is 18.9. The fraction of sp³-hybridized carbons (Fsp3) is 0.150. The van der Waals surface area contributed by atoms with Gasteiger partial charge in [-0.05, 0) is 35.7 Å². The van der Waals surface area contributed by atoms with E-state index < -0.39 is 0 Å². The van der Waals surface area contributed by atoms with E-state index in [1.54, 1.807) is 33.9 Å². The molecule has 1 atom stereocenters. The van der Waals surface area contributed by atoms with Crippen LogP contribution in [-0.2, 0) is 4.79 Å². The molecule has 3 aromatic heterocycles. The molecule has 140 valence electrons. The van der Waals surface area contributed by atoms with Gasteiger partial charge in [0.2, 0.25) is 0 Å². The van der Waals surface area contributed by atoms with E-state index in [2.05, 4.69) is 16.2 Å². The number of thiazole rings is 1. The van der Waals surface area contributed by atoms with Gasteiger partial charge in [-0.15, -0.1) is 22.7 Å². The predicted octanol–water partition coefficient (Wildman–Crippen LogP) is 5.42. The minimum absolute atomic E-state index is 0.0239. The number of rotatable bonds is 5. The molecule has 4 heterocycles. The molecule has 4 aromatic rings. The summed E-state index contributed by atoms with van der Waals surface area (Å²) < 4.78 is 7.53. The van der Waals surface area contributed by atoms with Gasteiger partial charge in [0.1, 0.15) is 11.5 Å². The molecule has 1 amide bonds. The highest BCUT2D eigenvalue weighted by Gasteiger charge is 2.34. The number of furan rings is 1. The highest BCUT2D eigenvalue weighted by Crippen LogP contribution is 2.36. The lowest BCUT2D eigenvalue weighted by Gasteiger charge is -2.20. The van der Waals surface area contributed by atoms with Crippen molar-refractivity contribution in [3.05, 3.63) is 70.8 Å². The van der Waals surface area contributed by atoms with Crippen LogP contribution < -0.4 is 0 Å². The van der Waals surface area contributed by atoms with Gasteiger partial charge < -0.3 is 4.42 Å².